The minimum atomic E-state index is -3.00. The third-order valence-electron chi connectivity index (χ3n) is 2.58. The van der Waals surface area contributed by atoms with Gasteiger partial charge in [0, 0.05) is 24.3 Å². The quantitative estimate of drug-likeness (QED) is 0.520. The molecule has 0 bridgehead atoms. The van der Waals surface area contributed by atoms with E-state index in [0.717, 1.165) is 5.56 Å². The Bertz CT molecular complexity index is 542. The average molecular weight is 287 g/mol. The molecule has 0 aromatic carbocycles. The van der Waals surface area contributed by atoms with Crippen LogP contribution in [0, 0.1) is 6.92 Å². The van der Waals surface area contributed by atoms with Gasteiger partial charge in [0.1, 0.15) is 27.3 Å². The zero-order valence-corrected chi connectivity index (χ0v) is 12.5. The first-order chi connectivity index (χ1) is 8.74. The second kappa shape index (κ2) is 6.16. The summed E-state index contributed by atoms with van der Waals surface area (Å²) < 4.78 is 22.2. The van der Waals surface area contributed by atoms with Crippen molar-refractivity contribution in [2.24, 2.45) is 5.84 Å². The predicted octanol–water partition coefficient (Wildman–Crippen LogP) is 0.651. The highest BCUT2D eigenvalue weighted by atomic mass is 32.2. The van der Waals surface area contributed by atoms with Crippen molar-refractivity contribution < 1.29 is 8.42 Å². The fraction of sp³-hybridized carbons (Fsp3) is 0.636. The van der Waals surface area contributed by atoms with Crippen molar-refractivity contribution in [2.45, 2.75) is 26.7 Å². The second-order valence-electron chi connectivity index (χ2n) is 4.76. The summed E-state index contributed by atoms with van der Waals surface area (Å²) >= 11 is 0. The van der Waals surface area contributed by atoms with Crippen LogP contribution >= 0.6 is 0 Å². The van der Waals surface area contributed by atoms with Gasteiger partial charge in [0.15, 0.2) is 0 Å². The van der Waals surface area contributed by atoms with Gasteiger partial charge < -0.3 is 10.7 Å². The highest BCUT2D eigenvalue weighted by Crippen LogP contribution is 2.22. The van der Waals surface area contributed by atoms with Crippen LogP contribution in [0.1, 0.15) is 31.2 Å². The zero-order valence-electron chi connectivity index (χ0n) is 11.7. The molecule has 0 aliphatic carbocycles. The summed E-state index contributed by atoms with van der Waals surface area (Å²) in [6.07, 6.45) is 1.20. The Labute approximate surface area is 113 Å². The molecule has 7 nitrogen and oxygen atoms in total. The predicted molar refractivity (Wildman–Crippen MR) is 76.9 cm³/mol. The van der Waals surface area contributed by atoms with Crippen LogP contribution in [-0.2, 0) is 9.84 Å². The van der Waals surface area contributed by atoms with Gasteiger partial charge in [-0.1, -0.05) is 13.8 Å². The van der Waals surface area contributed by atoms with E-state index in [1.54, 1.807) is 0 Å². The standard InChI is InChI=1S/C11H21N5O2S/c1-7(2)9-14-10(8(3)11(15-9)16-12)13-5-6-19(4,17)18/h7H,5-6,12H2,1-4H3,(H2,13,14,15,16). The van der Waals surface area contributed by atoms with Crippen LogP contribution in [0.15, 0.2) is 0 Å². The number of anilines is 2. The molecule has 1 heterocycles. The smallest absolute Gasteiger partial charge is 0.149 e. The van der Waals surface area contributed by atoms with Crippen molar-refractivity contribution in [3.05, 3.63) is 11.4 Å². The van der Waals surface area contributed by atoms with E-state index >= 15 is 0 Å². The number of hydrogen-bond donors (Lipinski definition) is 3. The van der Waals surface area contributed by atoms with Gasteiger partial charge in [0.25, 0.3) is 0 Å². The lowest BCUT2D eigenvalue weighted by atomic mass is 10.2. The largest absolute Gasteiger partial charge is 0.369 e. The lowest BCUT2D eigenvalue weighted by Gasteiger charge is -2.14. The number of nitrogen functional groups attached to an aromatic ring is 1. The Kier molecular flexibility index (Phi) is 5.07. The fourth-order valence-electron chi connectivity index (χ4n) is 1.46. The molecule has 8 heteroatoms. The van der Waals surface area contributed by atoms with E-state index in [4.69, 9.17) is 5.84 Å². The first-order valence-electron chi connectivity index (χ1n) is 6.01. The van der Waals surface area contributed by atoms with Gasteiger partial charge in [0.05, 0.1) is 5.75 Å². The summed E-state index contributed by atoms with van der Waals surface area (Å²) in [7, 11) is -3.00. The molecule has 1 aromatic heterocycles. The number of nitrogens with zero attached hydrogens (tertiary/aromatic N) is 2. The van der Waals surface area contributed by atoms with E-state index in [0.29, 0.717) is 24.0 Å². The Morgan fingerprint density at radius 1 is 1.26 bits per heavy atom. The summed E-state index contributed by atoms with van der Waals surface area (Å²) in [5.41, 5.74) is 3.29. The minimum Gasteiger partial charge on any atom is -0.369 e. The Morgan fingerprint density at radius 2 is 1.84 bits per heavy atom. The van der Waals surface area contributed by atoms with Crippen LogP contribution in [0.3, 0.4) is 0 Å². The average Bonchev–Trinajstić information content (AvgIpc) is 2.29. The number of aromatic nitrogens is 2. The van der Waals surface area contributed by atoms with Crippen molar-refractivity contribution in [1.82, 2.24) is 9.97 Å². The molecule has 0 aliphatic rings. The van der Waals surface area contributed by atoms with E-state index in [1.807, 2.05) is 20.8 Å². The number of nitrogens with one attached hydrogen (secondary N) is 2. The molecule has 0 aliphatic heterocycles. The highest BCUT2D eigenvalue weighted by molar-refractivity contribution is 7.90. The summed E-state index contributed by atoms with van der Waals surface area (Å²) in [5.74, 6) is 7.43. The zero-order chi connectivity index (χ0) is 14.6. The van der Waals surface area contributed by atoms with Crippen molar-refractivity contribution in [2.75, 3.05) is 29.3 Å². The Balaban J connectivity index is 2.95. The van der Waals surface area contributed by atoms with Crippen LogP contribution in [0.4, 0.5) is 11.6 Å². The van der Waals surface area contributed by atoms with Gasteiger partial charge in [-0.2, -0.15) is 0 Å². The lowest BCUT2D eigenvalue weighted by molar-refractivity contribution is 0.602. The van der Waals surface area contributed by atoms with Gasteiger partial charge >= 0.3 is 0 Å². The SMILES string of the molecule is Cc1c(NN)nc(C(C)C)nc1NCCS(C)(=O)=O. The van der Waals surface area contributed by atoms with Crippen LogP contribution in [-0.4, -0.2) is 36.9 Å². The first kappa shape index (κ1) is 15.6. The van der Waals surface area contributed by atoms with Crippen LogP contribution in [0.25, 0.3) is 0 Å². The third kappa shape index (κ3) is 4.64. The van der Waals surface area contributed by atoms with Gasteiger partial charge in [-0.3, -0.25) is 0 Å². The molecule has 0 saturated carbocycles. The molecule has 0 unspecified atom stereocenters. The summed E-state index contributed by atoms with van der Waals surface area (Å²) in [5, 5.41) is 3.01. The first-order valence-corrected chi connectivity index (χ1v) is 8.07. The maximum Gasteiger partial charge on any atom is 0.149 e. The van der Waals surface area contributed by atoms with E-state index in [1.165, 1.54) is 6.26 Å². The third-order valence-corrected chi connectivity index (χ3v) is 3.53. The Morgan fingerprint density at radius 3 is 2.32 bits per heavy atom. The van der Waals surface area contributed by atoms with Crippen molar-refractivity contribution in [3.8, 4) is 0 Å². The van der Waals surface area contributed by atoms with Crippen molar-refractivity contribution in [3.63, 3.8) is 0 Å². The molecule has 0 spiro atoms. The molecular formula is C11H21N5O2S. The molecular weight excluding hydrogens is 266 g/mol. The van der Waals surface area contributed by atoms with E-state index in [-0.39, 0.29) is 11.7 Å². The molecule has 1 rings (SSSR count). The topological polar surface area (TPSA) is 110 Å². The molecule has 1 aromatic rings. The molecule has 0 radical (unpaired) electrons. The molecule has 0 amide bonds. The summed E-state index contributed by atoms with van der Waals surface area (Å²) in [6.45, 7) is 6.08. The maximum atomic E-state index is 11.1. The highest BCUT2D eigenvalue weighted by Gasteiger charge is 2.12. The number of rotatable bonds is 6. The van der Waals surface area contributed by atoms with Gasteiger partial charge in [0.2, 0.25) is 0 Å². The molecule has 0 saturated heterocycles. The molecule has 0 atom stereocenters. The summed E-state index contributed by atoms with van der Waals surface area (Å²) in [4.78, 5) is 8.69. The van der Waals surface area contributed by atoms with E-state index < -0.39 is 9.84 Å². The second-order valence-corrected chi connectivity index (χ2v) is 7.02. The molecule has 108 valence electrons. The number of hydrazine groups is 1. The van der Waals surface area contributed by atoms with E-state index in [2.05, 4.69) is 20.7 Å². The lowest BCUT2D eigenvalue weighted by Crippen LogP contribution is -2.18. The fourth-order valence-corrected chi connectivity index (χ4v) is 1.93. The molecule has 19 heavy (non-hydrogen) atoms. The monoisotopic (exact) mass is 287 g/mol. The minimum absolute atomic E-state index is 0.0544. The van der Waals surface area contributed by atoms with Crippen molar-refractivity contribution in [1.29, 1.82) is 0 Å². The van der Waals surface area contributed by atoms with Gasteiger partial charge in [-0.25, -0.2) is 24.2 Å². The van der Waals surface area contributed by atoms with Gasteiger partial charge in [-0.05, 0) is 6.92 Å². The van der Waals surface area contributed by atoms with Crippen molar-refractivity contribution >= 4 is 21.5 Å². The van der Waals surface area contributed by atoms with Gasteiger partial charge in [-0.15, -0.1) is 0 Å². The molecule has 0 fully saturated rings. The number of nitrogens with two attached hydrogens (primary N) is 1. The maximum absolute atomic E-state index is 11.1. The van der Waals surface area contributed by atoms with Crippen LogP contribution in [0.2, 0.25) is 0 Å². The van der Waals surface area contributed by atoms with Crippen LogP contribution < -0.4 is 16.6 Å². The van der Waals surface area contributed by atoms with Crippen LogP contribution in [0.5, 0.6) is 0 Å². The Hall–Kier alpha value is -1.41. The molecule has 4 N–H and O–H groups in total. The number of sulfone groups is 1. The number of hydrogen-bond acceptors (Lipinski definition) is 7. The summed E-state index contributed by atoms with van der Waals surface area (Å²) in [6, 6.07) is 0. The normalized spacial score (nSPS) is 11.7. The van der Waals surface area contributed by atoms with E-state index in [9.17, 15) is 8.42 Å².